The van der Waals surface area contributed by atoms with E-state index < -0.39 is 5.97 Å². The third-order valence-corrected chi connectivity index (χ3v) is 2.23. The highest BCUT2D eigenvalue weighted by molar-refractivity contribution is 5.92. The predicted molar refractivity (Wildman–Crippen MR) is 57.4 cm³/mol. The maximum Gasteiger partial charge on any atom is 0.328 e. The minimum Gasteiger partial charge on any atom is -0.478 e. The molecule has 0 saturated heterocycles. The summed E-state index contributed by atoms with van der Waals surface area (Å²) in [6.07, 6.45) is 4.44. The Morgan fingerprint density at radius 2 is 2.33 bits per heavy atom. The molecule has 0 spiro atoms. The van der Waals surface area contributed by atoms with Crippen molar-refractivity contribution in [3.05, 3.63) is 36.0 Å². The lowest BCUT2D eigenvalue weighted by atomic mass is 10.1. The smallest absolute Gasteiger partial charge is 0.328 e. The number of aryl methyl sites for hydroxylation is 1. The van der Waals surface area contributed by atoms with Crippen LogP contribution in [0.2, 0.25) is 0 Å². The topological polar surface area (TPSA) is 55.1 Å². The van der Waals surface area contributed by atoms with Gasteiger partial charge in [-0.1, -0.05) is 12.1 Å². The third kappa shape index (κ3) is 1.74. The van der Waals surface area contributed by atoms with Crippen molar-refractivity contribution in [2.45, 2.75) is 0 Å². The van der Waals surface area contributed by atoms with Gasteiger partial charge in [0.05, 0.1) is 11.7 Å². The average molecular weight is 202 g/mol. The van der Waals surface area contributed by atoms with Crippen LogP contribution in [0.3, 0.4) is 0 Å². The summed E-state index contributed by atoms with van der Waals surface area (Å²) in [5.74, 6) is -0.948. The molecular formula is C11H10N2O2. The second-order valence-electron chi connectivity index (χ2n) is 3.22. The van der Waals surface area contributed by atoms with Gasteiger partial charge in [0.25, 0.3) is 0 Å². The van der Waals surface area contributed by atoms with Crippen molar-refractivity contribution in [1.82, 2.24) is 9.78 Å². The Kier molecular flexibility index (Phi) is 2.25. The number of hydrogen-bond donors (Lipinski definition) is 1. The summed E-state index contributed by atoms with van der Waals surface area (Å²) in [6.45, 7) is 0. The van der Waals surface area contributed by atoms with Crippen molar-refractivity contribution in [1.29, 1.82) is 0 Å². The molecule has 0 amide bonds. The predicted octanol–water partition coefficient (Wildman–Crippen LogP) is 1.67. The third-order valence-electron chi connectivity index (χ3n) is 2.23. The molecule has 0 bridgehead atoms. The molecule has 1 aromatic heterocycles. The summed E-state index contributed by atoms with van der Waals surface area (Å²) >= 11 is 0. The summed E-state index contributed by atoms with van der Waals surface area (Å²) in [5.41, 5.74) is 1.85. The van der Waals surface area contributed by atoms with E-state index in [1.165, 1.54) is 0 Å². The number of aromatic nitrogens is 2. The van der Waals surface area contributed by atoms with Crippen LogP contribution in [0.25, 0.3) is 17.0 Å². The van der Waals surface area contributed by atoms with Crippen LogP contribution in [0.4, 0.5) is 0 Å². The fourth-order valence-corrected chi connectivity index (χ4v) is 1.51. The SMILES string of the molecule is Cn1ncc2c(C=CC(=O)O)cccc21. The molecule has 0 unspecified atom stereocenters. The summed E-state index contributed by atoms with van der Waals surface area (Å²) in [7, 11) is 1.85. The molecule has 4 heteroatoms. The lowest BCUT2D eigenvalue weighted by Gasteiger charge is -1.96. The fourth-order valence-electron chi connectivity index (χ4n) is 1.51. The van der Waals surface area contributed by atoms with E-state index in [0.29, 0.717) is 0 Å². The lowest BCUT2D eigenvalue weighted by molar-refractivity contribution is -0.131. The Bertz CT molecular complexity index is 541. The number of fused-ring (bicyclic) bond motifs is 1. The summed E-state index contributed by atoms with van der Waals surface area (Å²) in [6, 6.07) is 5.69. The molecule has 76 valence electrons. The van der Waals surface area contributed by atoms with E-state index in [2.05, 4.69) is 5.10 Å². The molecule has 1 aromatic carbocycles. The van der Waals surface area contributed by atoms with E-state index >= 15 is 0 Å². The molecule has 0 atom stereocenters. The number of nitrogens with zero attached hydrogens (tertiary/aromatic N) is 2. The Morgan fingerprint density at radius 3 is 3.07 bits per heavy atom. The highest BCUT2D eigenvalue weighted by Gasteiger charge is 2.02. The van der Waals surface area contributed by atoms with Crippen molar-refractivity contribution in [2.24, 2.45) is 7.05 Å². The van der Waals surface area contributed by atoms with Gasteiger partial charge in [-0.3, -0.25) is 4.68 Å². The van der Waals surface area contributed by atoms with Gasteiger partial charge in [0.1, 0.15) is 0 Å². The normalized spacial score (nSPS) is 11.3. The van der Waals surface area contributed by atoms with Gasteiger partial charge in [-0.05, 0) is 17.7 Å². The molecule has 0 aliphatic rings. The summed E-state index contributed by atoms with van der Waals surface area (Å²) < 4.78 is 1.76. The van der Waals surface area contributed by atoms with Gasteiger partial charge in [0, 0.05) is 18.5 Å². The van der Waals surface area contributed by atoms with Gasteiger partial charge in [-0.15, -0.1) is 0 Å². The van der Waals surface area contributed by atoms with Crippen LogP contribution in [0, 0.1) is 0 Å². The van der Waals surface area contributed by atoms with E-state index in [1.807, 2.05) is 25.2 Å². The largest absolute Gasteiger partial charge is 0.478 e. The molecule has 0 aliphatic carbocycles. The first-order chi connectivity index (χ1) is 7.18. The Morgan fingerprint density at radius 1 is 1.53 bits per heavy atom. The van der Waals surface area contributed by atoms with Crippen molar-refractivity contribution < 1.29 is 9.90 Å². The van der Waals surface area contributed by atoms with E-state index in [4.69, 9.17) is 5.11 Å². The van der Waals surface area contributed by atoms with E-state index in [0.717, 1.165) is 22.5 Å². The zero-order valence-corrected chi connectivity index (χ0v) is 8.21. The molecule has 0 saturated carbocycles. The first-order valence-corrected chi connectivity index (χ1v) is 4.50. The van der Waals surface area contributed by atoms with Gasteiger partial charge in [0.15, 0.2) is 0 Å². The number of hydrogen-bond acceptors (Lipinski definition) is 2. The first-order valence-electron chi connectivity index (χ1n) is 4.50. The standard InChI is InChI=1S/C11H10N2O2/c1-13-10-4-2-3-8(5-6-11(14)15)9(10)7-12-13/h2-7H,1H3,(H,14,15). The number of rotatable bonds is 2. The fraction of sp³-hybridized carbons (Fsp3) is 0.0909. The first kappa shape index (κ1) is 9.45. The van der Waals surface area contributed by atoms with Crippen LogP contribution < -0.4 is 0 Å². The van der Waals surface area contributed by atoms with E-state index in [9.17, 15) is 4.79 Å². The molecule has 0 radical (unpaired) electrons. The number of carbonyl (C=O) groups is 1. The maximum absolute atomic E-state index is 10.4. The van der Waals surface area contributed by atoms with Crippen molar-refractivity contribution in [2.75, 3.05) is 0 Å². The van der Waals surface area contributed by atoms with Gasteiger partial charge in [-0.25, -0.2) is 4.79 Å². The molecule has 2 rings (SSSR count). The Hall–Kier alpha value is -2.10. The number of benzene rings is 1. The van der Waals surface area contributed by atoms with E-state index in [-0.39, 0.29) is 0 Å². The summed E-state index contributed by atoms with van der Waals surface area (Å²) in [4.78, 5) is 10.4. The van der Waals surface area contributed by atoms with E-state index in [1.54, 1.807) is 17.0 Å². The number of carboxylic acid groups (broad SMARTS) is 1. The van der Waals surface area contributed by atoms with Gasteiger partial charge < -0.3 is 5.11 Å². The Labute approximate surface area is 86.4 Å². The average Bonchev–Trinajstić information content (AvgIpc) is 2.58. The lowest BCUT2D eigenvalue weighted by Crippen LogP contribution is -1.88. The van der Waals surface area contributed by atoms with Crippen molar-refractivity contribution >= 4 is 22.9 Å². The highest BCUT2D eigenvalue weighted by Crippen LogP contribution is 2.18. The van der Waals surface area contributed by atoms with Crippen LogP contribution in [0.15, 0.2) is 30.5 Å². The van der Waals surface area contributed by atoms with Crippen LogP contribution in [0.5, 0.6) is 0 Å². The van der Waals surface area contributed by atoms with Crippen LogP contribution in [-0.4, -0.2) is 20.9 Å². The van der Waals surface area contributed by atoms with Gasteiger partial charge in [-0.2, -0.15) is 5.10 Å². The van der Waals surface area contributed by atoms with Crippen LogP contribution >= 0.6 is 0 Å². The highest BCUT2D eigenvalue weighted by atomic mass is 16.4. The molecule has 1 N–H and O–H groups in total. The van der Waals surface area contributed by atoms with Crippen molar-refractivity contribution in [3.63, 3.8) is 0 Å². The minimum absolute atomic E-state index is 0.864. The van der Waals surface area contributed by atoms with Gasteiger partial charge >= 0.3 is 5.97 Å². The van der Waals surface area contributed by atoms with Gasteiger partial charge in [0.2, 0.25) is 0 Å². The number of carboxylic acids is 1. The second kappa shape index (κ2) is 3.57. The maximum atomic E-state index is 10.4. The molecule has 4 nitrogen and oxygen atoms in total. The molecule has 0 aliphatic heterocycles. The zero-order chi connectivity index (χ0) is 10.8. The molecule has 0 fully saturated rings. The molecular weight excluding hydrogens is 192 g/mol. The monoisotopic (exact) mass is 202 g/mol. The van der Waals surface area contributed by atoms with Crippen LogP contribution in [0.1, 0.15) is 5.56 Å². The second-order valence-corrected chi connectivity index (χ2v) is 3.22. The summed E-state index contributed by atoms with van der Waals surface area (Å²) in [5, 5.41) is 13.6. The Balaban J connectivity index is 2.56. The van der Waals surface area contributed by atoms with Crippen LogP contribution in [-0.2, 0) is 11.8 Å². The van der Waals surface area contributed by atoms with Crippen molar-refractivity contribution in [3.8, 4) is 0 Å². The molecule has 1 heterocycles. The number of aliphatic carboxylic acids is 1. The quantitative estimate of drug-likeness (QED) is 0.753. The molecule has 2 aromatic rings. The minimum atomic E-state index is -0.948. The zero-order valence-electron chi connectivity index (χ0n) is 8.21. The molecule has 15 heavy (non-hydrogen) atoms.